The van der Waals surface area contributed by atoms with Gasteiger partial charge in [0.25, 0.3) is 5.88 Å². The predicted molar refractivity (Wildman–Crippen MR) is 107 cm³/mol. The van der Waals surface area contributed by atoms with E-state index >= 15 is 0 Å². The molecular weight excluding hydrogens is 358 g/mol. The number of hydrogen-bond acceptors (Lipinski definition) is 3. The number of halogens is 1. The number of aromatic nitrogens is 1. The van der Waals surface area contributed by atoms with E-state index < -0.39 is 0 Å². The fourth-order valence-electron chi connectivity index (χ4n) is 3.15. The minimum Gasteiger partial charge on any atom is -0.448 e. The van der Waals surface area contributed by atoms with Crippen LogP contribution in [0.5, 0.6) is 23.1 Å². The summed E-state index contributed by atoms with van der Waals surface area (Å²) >= 11 is 6.14. The summed E-state index contributed by atoms with van der Waals surface area (Å²) < 4.78 is 11.8. The third-order valence-corrected chi connectivity index (χ3v) is 4.70. The monoisotopic (exact) mass is 371 g/mol. The van der Waals surface area contributed by atoms with Crippen molar-refractivity contribution in [3.8, 4) is 45.4 Å². The van der Waals surface area contributed by atoms with Crippen molar-refractivity contribution in [2.75, 3.05) is 0 Å². The molecule has 0 fully saturated rings. The second-order valence-corrected chi connectivity index (χ2v) is 6.70. The lowest BCUT2D eigenvalue weighted by Gasteiger charge is -2.20. The highest BCUT2D eigenvalue weighted by atomic mass is 35.5. The van der Waals surface area contributed by atoms with Gasteiger partial charge >= 0.3 is 0 Å². The van der Waals surface area contributed by atoms with E-state index in [9.17, 15) is 0 Å². The molecule has 0 N–H and O–H groups in total. The summed E-state index contributed by atoms with van der Waals surface area (Å²) in [5.74, 6) is 2.45. The second kappa shape index (κ2) is 6.45. The summed E-state index contributed by atoms with van der Waals surface area (Å²) in [6.45, 7) is 0. The normalized spacial score (nSPS) is 11.7. The van der Waals surface area contributed by atoms with Gasteiger partial charge in [0.15, 0.2) is 17.2 Å². The second-order valence-electron chi connectivity index (χ2n) is 6.26. The van der Waals surface area contributed by atoms with E-state index in [-0.39, 0.29) is 0 Å². The zero-order chi connectivity index (χ0) is 18.2. The van der Waals surface area contributed by atoms with E-state index in [0.29, 0.717) is 23.1 Å². The van der Waals surface area contributed by atoms with Gasteiger partial charge < -0.3 is 9.47 Å². The Hall–Kier alpha value is -3.30. The fourth-order valence-corrected chi connectivity index (χ4v) is 3.34. The number of ether oxygens (including phenoxy) is 2. The number of pyridine rings is 1. The summed E-state index contributed by atoms with van der Waals surface area (Å²) in [7, 11) is 0. The molecule has 0 aliphatic carbocycles. The lowest BCUT2D eigenvalue weighted by molar-refractivity contribution is 0.348. The zero-order valence-electron chi connectivity index (χ0n) is 14.2. The van der Waals surface area contributed by atoms with Gasteiger partial charge in [-0.25, -0.2) is 4.98 Å². The Kier molecular flexibility index (Phi) is 3.80. The molecule has 2 heterocycles. The third-order valence-electron chi connectivity index (χ3n) is 4.46. The highest BCUT2D eigenvalue weighted by molar-refractivity contribution is 6.30. The Morgan fingerprint density at radius 3 is 2.15 bits per heavy atom. The summed E-state index contributed by atoms with van der Waals surface area (Å²) in [5, 5.41) is 0.725. The molecule has 3 nitrogen and oxygen atoms in total. The Bertz CT molecular complexity index is 1160. The predicted octanol–water partition coefficient (Wildman–Crippen LogP) is 6.97. The van der Waals surface area contributed by atoms with Crippen molar-refractivity contribution >= 4 is 11.6 Å². The van der Waals surface area contributed by atoms with Crippen LogP contribution in [0.15, 0.2) is 85.1 Å². The summed E-state index contributed by atoms with van der Waals surface area (Å²) in [6.07, 6.45) is 1.69. The first-order chi connectivity index (χ1) is 13.3. The minimum atomic E-state index is 0.481. The lowest BCUT2D eigenvalue weighted by Crippen LogP contribution is -2.00. The van der Waals surface area contributed by atoms with Crippen LogP contribution in [0.25, 0.3) is 22.3 Å². The van der Waals surface area contributed by atoms with Crippen molar-refractivity contribution in [1.29, 1.82) is 0 Å². The van der Waals surface area contributed by atoms with Crippen molar-refractivity contribution in [1.82, 2.24) is 4.98 Å². The quantitative estimate of drug-likeness (QED) is 0.336. The molecule has 0 saturated carbocycles. The molecule has 0 amide bonds. The Morgan fingerprint density at radius 1 is 0.593 bits per heavy atom. The molecule has 0 unspecified atom stereocenters. The first-order valence-corrected chi connectivity index (χ1v) is 8.95. The van der Waals surface area contributed by atoms with Gasteiger partial charge in [-0.05, 0) is 64.7 Å². The van der Waals surface area contributed by atoms with Gasteiger partial charge in [0.05, 0.1) is 0 Å². The smallest absolute Gasteiger partial charge is 0.263 e. The molecule has 0 bridgehead atoms. The van der Waals surface area contributed by atoms with Crippen LogP contribution in [-0.4, -0.2) is 4.98 Å². The van der Waals surface area contributed by atoms with Crippen LogP contribution in [0.4, 0.5) is 0 Å². The molecule has 1 aromatic heterocycles. The van der Waals surface area contributed by atoms with Crippen LogP contribution >= 0.6 is 11.6 Å². The van der Waals surface area contributed by atoms with Gasteiger partial charge in [-0.2, -0.15) is 0 Å². The topological polar surface area (TPSA) is 31.4 Å². The molecule has 4 aromatic rings. The number of fused-ring (bicyclic) bond motifs is 2. The Balaban J connectivity index is 1.52. The maximum absolute atomic E-state index is 6.14. The average molecular weight is 372 g/mol. The molecule has 3 aromatic carbocycles. The molecule has 4 heteroatoms. The van der Waals surface area contributed by atoms with Gasteiger partial charge in [-0.15, -0.1) is 0 Å². The first kappa shape index (κ1) is 15.9. The zero-order valence-corrected chi connectivity index (χ0v) is 15.0. The van der Waals surface area contributed by atoms with E-state index in [1.54, 1.807) is 6.20 Å². The molecule has 0 radical (unpaired) electrons. The molecule has 1 aliphatic rings. The maximum Gasteiger partial charge on any atom is 0.263 e. The molecule has 1 aliphatic heterocycles. The molecule has 130 valence electrons. The Labute approximate surface area is 161 Å². The summed E-state index contributed by atoms with van der Waals surface area (Å²) in [4.78, 5) is 4.22. The first-order valence-electron chi connectivity index (χ1n) is 8.57. The van der Waals surface area contributed by atoms with E-state index in [4.69, 9.17) is 21.1 Å². The van der Waals surface area contributed by atoms with Crippen molar-refractivity contribution < 1.29 is 9.47 Å². The molecule has 27 heavy (non-hydrogen) atoms. The third kappa shape index (κ3) is 3.03. The van der Waals surface area contributed by atoms with E-state index in [1.807, 2.05) is 54.6 Å². The lowest BCUT2D eigenvalue weighted by atomic mass is 9.99. The maximum atomic E-state index is 6.14. The number of rotatable bonds is 2. The van der Waals surface area contributed by atoms with Gasteiger partial charge in [-0.1, -0.05) is 48.0 Å². The number of hydrogen-bond donors (Lipinski definition) is 0. The van der Waals surface area contributed by atoms with Crippen LogP contribution in [0.1, 0.15) is 0 Å². The summed E-state index contributed by atoms with van der Waals surface area (Å²) in [6, 6.07) is 25.8. The SMILES string of the molecule is Clc1cccc(-c2cccc(-c3ccc4c(c3)Oc3ncccc3O4)c2)c1. The minimum absolute atomic E-state index is 0.481. The largest absolute Gasteiger partial charge is 0.448 e. The van der Waals surface area contributed by atoms with Gasteiger partial charge in [-0.3, -0.25) is 0 Å². The van der Waals surface area contributed by atoms with Crippen LogP contribution in [0.3, 0.4) is 0 Å². The molecule has 0 spiro atoms. The molecule has 0 atom stereocenters. The highest BCUT2D eigenvalue weighted by Gasteiger charge is 2.20. The van der Waals surface area contributed by atoms with Crippen molar-refractivity contribution in [2.24, 2.45) is 0 Å². The average Bonchev–Trinajstić information content (AvgIpc) is 2.72. The van der Waals surface area contributed by atoms with Crippen molar-refractivity contribution in [2.45, 2.75) is 0 Å². The van der Waals surface area contributed by atoms with Crippen LogP contribution in [0, 0.1) is 0 Å². The van der Waals surface area contributed by atoms with Crippen molar-refractivity contribution in [3.05, 3.63) is 90.1 Å². The van der Waals surface area contributed by atoms with Gasteiger partial charge in [0.2, 0.25) is 0 Å². The van der Waals surface area contributed by atoms with Crippen LogP contribution in [0.2, 0.25) is 5.02 Å². The van der Waals surface area contributed by atoms with Crippen LogP contribution < -0.4 is 9.47 Å². The highest BCUT2D eigenvalue weighted by Crippen LogP contribution is 2.45. The van der Waals surface area contributed by atoms with Gasteiger partial charge in [0, 0.05) is 11.2 Å². The van der Waals surface area contributed by atoms with E-state index in [2.05, 4.69) is 29.2 Å². The molecule has 5 rings (SSSR count). The number of nitrogens with zero attached hydrogens (tertiary/aromatic N) is 1. The van der Waals surface area contributed by atoms with Gasteiger partial charge in [0.1, 0.15) is 0 Å². The van der Waals surface area contributed by atoms with E-state index in [1.165, 1.54) is 0 Å². The van der Waals surface area contributed by atoms with Crippen LogP contribution in [-0.2, 0) is 0 Å². The fraction of sp³-hybridized carbons (Fsp3) is 0. The summed E-state index contributed by atoms with van der Waals surface area (Å²) in [5.41, 5.74) is 4.32. The molecular formula is C23H14ClNO2. The number of benzene rings is 3. The molecule has 0 saturated heterocycles. The standard InChI is InChI=1S/C23H14ClNO2/c24-19-7-2-6-17(13-19)15-4-1-5-16(12-15)18-9-10-20-22(14-18)27-23-21(26-20)8-3-11-25-23/h1-14H. The van der Waals surface area contributed by atoms with E-state index in [0.717, 1.165) is 27.3 Å². The Morgan fingerprint density at radius 2 is 1.33 bits per heavy atom. The van der Waals surface area contributed by atoms with Crippen molar-refractivity contribution in [3.63, 3.8) is 0 Å².